The fourth-order valence-corrected chi connectivity index (χ4v) is 14.4. The van der Waals surface area contributed by atoms with Gasteiger partial charge < -0.3 is 18.8 Å². The number of nitrogens with zero attached hydrogens (tertiary/aromatic N) is 3. The fraction of sp³-hybridized carbons (Fsp3) is 0.191. The van der Waals surface area contributed by atoms with Gasteiger partial charge in [0.2, 0.25) is 0 Å². The minimum Gasteiger partial charge on any atom is -0.457 e. The highest BCUT2D eigenvalue weighted by atomic mass is 16.5. The van der Waals surface area contributed by atoms with Crippen molar-refractivity contribution < 1.29 is 15.7 Å². The van der Waals surface area contributed by atoms with E-state index in [1.54, 1.807) is 4.57 Å². The zero-order valence-electron chi connectivity index (χ0n) is 63.0. The standard InChI is InChI=1S/C89H79N3O/c1-86(2,3)61-44-58(45-62(51-61)87(4,5)6)57-40-43-79-72(48-57)82-70-42-41-66(91-73-37-25-22-34-67(73)68-35-23-26-38-74(68)91)53-76(70)92(77-49-60(50-80(93-79)84(77)82)59-46-63(88(7,8)9)52-64(47-59)89(10,11)12)85-71(55-28-16-13-17-29-55)54-78-83(81(85)56-30-18-14-19-31-56)69-36-24-27-39-75(69)90(78)65-32-20-15-21-33-65/h13-54,82H,1-12H3/i22D,23D,25D,26D,34D,35D,37D,38D. The van der Waals surface area contributed by atoms with Crippen LogP contribution in [0, 0.1) is 0 Å². The summed E-state index contributed by atoms with van der Waals surface area (Å²) >= 11 is 0. The van der Waals surface area contributed by atoms with Crippen LogP contribution < -0.4 is 9.64 Å². The van der Waals surface area contributed by atoms with E-state index in [0.717, 1.165) is 106 Å². The van der Waals surface area contributed by atoms with E-state index in [1.165, 1.54) is 22.3 Å². The molecule has 93 heavy (non-hydrogen) atoms. The molecule has 0 aliphatic carbocycles. The highest BCUT2D eigenvalue weighted by Crippen LogP contribution is 2.63. The number of para-hydroxylation sites is 4. The van der Waals surface area contributed by atoms with Gasteiger partial charge in [0.25, 0.3) is 0 Å². The average Bonchev–Trinajstić information content (AvgIpc) is 1.69. The molecule has 2 aliphatic rings. The molecule has 2 aromatic heterocycles. The topological polar surface area (TPSA) is 22.3 Å². The second kappa shape index (κ2) is 21.2. The molecule has 456 valence electrons. The van der Waals surface area contributed by atoms with Crippen LogP contribution in [0.1, 0.15) is 139 Å². The van der Waals surface area contributed by atoms with Crippen LogP contribution in [0.4, 0.5) is 17.1 Å². The van der Waals surface area contributed by atoms with Crippen molar-refractivity contribution >= 4 is 60.7 Å². The molecule has 2 aliphatic heterocycles. The van der Waals surface area contributed by atoms with Crippen molar-refractivity contribution in [2.45, 2.75) is 111 Å². The zero-order chi connectivity index (χ0) is 71.0. The molecule has 0 saturated carbocycles. The van der Waals surface area contributed by atoms with Crippen LogP contribution in [0.3, 0.4) is 0 Å². The third-order valence-electron chi connectivity index (χ3n) is 19.4. The molecule has 4 heteroatoms. The van der Waals surface area contributed by atoms with Gasteiger partial charge in [-0.3, -0.25) is 0 Å². The Labute approximate surface area is 559 Å². The van der Waals surface area contributed by atoms with Gasteiger partial charge in [0.15, 0.2) is 0 Å². The Morgan fingerprint density at radius 1 is 0.355 bits per heavy atom. The van der Waals surface area contributed by atoms with Crippen LogP contribution in [-0.2, 0) is 21.7 Å². The van der Waals surface area contributed by atoms with E-state index in [2.05, 4.69) is 281 Å². The number of aromatic nitrogens is 2. The molecule has 0 N–H and O–H groups in total. The number of benzene rings is 12. The van der Waals surface area contributed by atoms with Gasteiger partial charge in [-0.05, 0) is 156 Å². The fourth-order valence-electron chi connectivity index (χ4n) is 14.4. The lowest BCUT2D eigenvalue weighted by Gasteiger charge is -2.43. The Bertz CT molecular complexity index is 5680. The lowest BCUT2D eigenvalue weighted by Crippen LogP contribution is -2.26. The number of fused-ring (bicyclic) bond motifs is 10. The predicted octanol–water partition coefficient (Wildman–Crippen LogP) is 24.8. The Morgan fingerprint density at radius 2 is 0.871 bits per heavy atom. The lowest BCUT2D eigenvalue weighted by atomic mass is 9.75. The summed E-state index contributed by atoms with van der Waals surface area (Å²) in [5.74, 6) is 0.914. The van der Waals surface area contributed by atoms with E-state index >= 15 is 0 Å². The summed E-state index contributed by atoms with van der Waals surface area (Å²) < 4.78 is 87.0. The van der Waals surface area contributed by atoms with Crippen LogP contribution in [0.25, 0.3) is 99.5 Å². The molecule has 12 aromatic carbocycles. The normalized spacial score (nSPS) is 15.2. The first-order valence-electron chi connectivity index (χ1n) is 36.5. The predicted molar refractivity (Wildman–Crippen MR) is 394 cm³/mol. The number of anilines is 3. The summed E-state index contributed by atoms with van der Waals surface area (Å²) in [6.07, 6.45) is 0. The van der Waals surface area contributed by atoms with Crippen LogP contribution in [-0.4, -0.2) is 9.13 Å². The molecule has 0 saturated heterocycles. The summed E-state index contributed by atoms with van der Waals surface area (Å²) in [4.78, 5) is 2.42. The van der Waals surface area contributed by atoms with Gasteiger partial charge in [0, 0.05) is 61.1 Å². The second-order valence-electron chi connectivity index (χ2n) is 29.6. The highest BCUT2D eigenvalue weighted by molar-refractivity contribution is 6.22. The largest absolute Gasteiger partial charge is 0.457 e. The first-order valence-corrected chi connectivity index (χ1v) is 32.5. The van der Waals surface area contributed by atoms with Crippen LogP contribution in [0.15, 0.2) is 255 Å². The van der Waals surface area contributed by atoms with Crippen molar-refractivity contribution in [3.63, 3.8) is 0 Å². The van der Waals surface area contributed by atoms with Crippen molar-refractivity contribution in [1.29, 1.82) is 0 Å². The average molecular weight is 1210 g/mol. The maximum atomic E-state index is 9.83. The van der Waals surface area contributed by atoms with Crippen molar-refractivity contribution in [3.8, 4) is 67.4 Å². The summed E-state index contributed by atoms with van der Waals surface area (Å²) in [7, 11) is 0. The molecule has 0 fully saturated rings. The van der Waals surface area contributed by atoms with Gasteiger partial charge in [0.05, 0.1) is 50.1 Å². The molecule has 0 bridgehead atoms. The van der Waals surface area contributed by atoms with Crippen molar-refractivity contribution in [2.24, 2.45) is 0 Å². The molecule has 0 spiro atoms. The Morgan fingerprint density at radius 3 is 1.46 bits per heavy atom. The highest BCUT2D eigenvalue weighted by Gasteiger charge is 2.43. The molecule has 16 rings (SSSR count). The molecular formula is C89H79N3O. The van der Waals surface area contributed by atoms with E-state index in [9.17, 15) is 8.22 Å². The minimum atomic E-state index is -0.500. The van der Waals surface area contributed by atoms with Crippen LogP contribution in [0.5, 0.6) is 11.5 Å². The monoisotopic (exact) mass is 1210 g/mol. The van der Waals surface area contributed by atoms with Gasteiger partial charge in [-0.25, -0.2) is 0 Å². The van der Waals surface area contributed by atoms with Gasteiger partial charge in [-0.2, -0.15) is 0 Å². The maximum absolute atomic E-state index is 9.83. The molecule has 4 nitrogen and oxygen atoms in total. The molecule has 1 unspecified atom stereocenters. The molecule has 14 aromatic rings. The van der Waals surface area contributed by atoms with E-state index in [1.807, 2.05) is 18.2 Å². The molecule has 4 heterocycles. The Kier molecular flexibility index (Phi) is 11.3. The lowest BCUT2D eigenvalue weighted by molar-refractivity contribution is 0.453. The Hall–Kier alpha value is -10.2. The smallest absolute Gasteiger partial charge is 0.134 e. The summed E-state index contributed by atoms with van der Waals surface area (Å²) in [5.41, 5.74) is 20.8. The minimum absolute atomic E-state index is 0.00772. The maximum Gasteiger partial charge on any atom is 0.134 e. The van der Waals surface area contributed by atoms with E-state index in [0.29, 0.717) is 17.2 Å². The van der Waals surface area contributed by atoms with E-state index < -0.39 is 42.2 Å². The van der Waals surface area contributed by atoms with Crippen LogP contribution >= 0.6 is 0 Å². The number of hydrogen-bond donors (Lipinski definition) is 0. The van der Waals surface area contributed by atoms with Gasteiger partial charge in [-0.1, -0.05) is 265 Å². The molecule has 1 atom stereocenters. The van der Waals surface area contributed by atoms with E-state index in [-0.39, 0.29) is 55.6 Å². The molecule has 0 radical (unpaired) electrons. The third-order valence-corrected chi connectivity index (χ3v) is 19.4. The van der Waals surface area contributed by atoms with Crippen molar-refractivity contribution in [3.05, 3.63) is 294 Å². The summed E-state index contributed by atoms with van der Waals surface area (Å²) in [6.45, 7) is 27.2. The first kappa shape index (κ1) is 49.5. The van der Waals surface area contributed by atoms with E-state index in [4.69, 9.17) is 7.48 Å². The SMILES string of the molecule is [2H]c1c([2H])c([2H])c2c(c1[2H])c1c([2H])c([2H])c([2H])c([2H])c1n2-c1ccc2c(c1)N(c1c(-c3ccccc3)cc3c(c1-c1ccccc1)c1ccccc1n3-c1ccccc1)c1cc(-c3cc(C(C)(C)C)cc(C(C)(C)C)c3)cc3c1C2c1cc(-c2cc(C(C)(C)C)cc(C(C)(C)C)c2)ccc1O3. The summed E-state index contributed by atoms with van der Waals surface area (Å²) in [6, 6.07) is 70.7. The number of ether oxygens (including phenoxy) is 1. The summed E-state index contributed by atoms with van der Waals surface area (Å²) in [5, 5.41) is 2.08. The van der Waals surface area contributed by atoms with Gasteiger partial charge in [0.1, 0.15) is 11.5 Å². The Balaban J connectivity index is 1.12. The van der Waals surface area contributed by atoms with Gasteiger partial charge in [-0.15, -0.1) is 0 Å². The molecular weight excluding hydrogens is 1130 g/mol. The quantitative estimate of drug-likeness (QED) is 0.159. The van der Waals surface area contributed by atoms with Crippen molar-refractivity contribution in [1.82, 2.24) is 9.13 Å². The number of hydrogen-bond acceptors (Lipinski definition) is 2. The van der Waals surface area contributed by atoms with Crippen molar-refractivity contribution in [2.75, 3.05) is 4.90 Å². The van der Waals surface area contributed by atoms with Gasteiger partial charge >= 0.3 is 0 Å². The third kappa shape index (κ3) is 9.62. The second-order valence-corrected chi connectivity index (χ2v) is 29.6. The van der Waals surface area contributed by atoms with Crippen LogP contribution in [0.2, 0.25) is 0 Å². The zero-order valence-corrected chi connectivity index (χ0v) is 55.0. The molecule has 0 amide bonds. The number of rotatable bonds is 7. The first-order chi connectivity index (χ1) is 48.0.